The van der Waals surface area contributed by atoms with Crippen LogP contribution in [0.1, 0.15) is 42.1 Å². The van der Waals surface area contributed by atoms with Crippen LogP contribution in [0.15, 0.2) is 103 Å². The molecule has 4 aromatic carbocycles. The van der Waals surface area contributed by atoms with Crippen molar-refractivity contribution in [2.24, 2.45) is 5.92 Å². The molecule has 0 aliphatic carbocycles. The van der Waals surface area contributed by atoms with Crippen molar-refractivity contribution in [1.29, 1.82) is 0 Å². The van der Waals surface area contributed by atoms with Gasteiger partial charge in [-0.25, -0.2) is 0 Å². The molecule has 6 heteroatoms. The van der Waals surface area contributed by atoms with Gasteiger partial charge in [-0.15, -0.1) is 0 Å². The summed E-state index contributed by atoms with van der Waals surface area (Å²) in [5.74, 6) is -0.530. The first-order chi connectivity index (χ1) is 19.7. The van der Waals surface area contributed by atoms with Gasteiger partial charge in [-0.2, -0.15) is 0 Å². The second-order valence-electron chi connectivity index (χ2n) is 10.8. The molecule has 1 atom stereocenters. The summed E-state index contributed by atoms with van der Waals surface area (Å²) in [5.41, 5.74) is 5.42. The van der Waals surface area contributed by atoms with Crippen LogP contribution in [0.2, 0.25) is 0 Å². The fourth-order valence-corrected chi connectivity index (χ4v) is 5.02. The molecule has 1 heterocycles. The average Bonchev–Trinajstić information content (AvgIpc) is 3.23. The Morgan fingerprint density at radius 1 is 0.878 bits per heavy atom. The van der Waals surface area contributed by atoms with E-state index in [1.54, 1.807) is 18.2 Å². The SMILES string of the molecule is Cc1cccc(C2/C(=C(/O)c3ccc(OCC(C)C)c(C)c3)C(=O)C(=O)N2c2ccc(Nc3ccccc3)cc2)c1. The van der Waals surface area contributed by atoms with Crippen LogP contribution >= 0.6 is 0 Å². The molecule has 1 unspecified atom stereocenters. The molecule has 1 aliphatic heterocycles. The maximum atomic E-state index is 13.6. The van der Waals surface area contributed by atoms with Crippen LogP contribution in [0.3, 0.4) is 0 Å². The van der Waals surface area contributed by atoms with Crippen molar-refractivity contribution in [2.45, 2.75) is 33.7 Å². The van der Waals surface area contributed by atoms with E-state index in [9.17, 15) is 14.7 Å². The number of carbonyl (C=O) groups is 2. The Labute approximate surface area is 240 Å². The van der Waals surface area contributed by atoms with Crippen molar-refractivity contribution in [2.75, 3.05) is 16.8 Å². The molecule has 41 heavy (non-hydrogen) atoms. The smallest absolute Gasteiger partial charge is 0.300 e. The monoisotopic (exact) mass is 546 g/mol. The molecule has 0 bridgehead atoms. The minimum absolute atomic E-state index is 0.0577. The zero-order valence-corrected chi connectivity index (χ0v) is 23.7. The summed E-state index contributed by atoms with van der Waals surface area (Å²) < 4.78 is 5.89. The average molecular weight is 547 g/mol. The van der Waals surface area contributed by atoms with Gasteiger partial charge < -0.3 is 15.2 Å². The number of aryl methyl sites for hydroxylation is 2. The third-order valence-corrected chi connectivity index (χ3v) is 7.03. The van der Waals surface area contributed by atoms with Crippen LogP contribution in [0, 0.1) is 19.8 Å². The molecule has 1 aliphatic rings. The Morgan fingerprint density at radius 3 is 2.24 bits per heavy atom. The van der Waals surface area contributed by atoms with E-state index in [4.69, 9.17) is 4.74 Å². The molecule has 2 N–H and O–H groups in total. The molecular weight excluding hydrogens is 512 g/mol. The number of aliphatic hydroxyl groups excluding tert-OH is 1. The molecule has 1 fully saturated rings. The van der Waals surface area contributed by atoms with Crippen LogP contribution < -0.4 is 15.0 Å². The van der Waals surface area contributed by atoms with Gasteiger partial charge in [-0.1, -0.05) is 61.9 Å². The number of Topliss-reactive ketones (excluding diaryl/α,β-unsaturated/α-hetero) is 1. The largest absolute Gasteiger partial charge is 0.507 e. The van der Waals surface area contributed by atoms with Crippen molar-refractivity contribution in [1.82, 2.24) is 0 Å². The second kappa shape index (κ2) is 11.7. The number of amides is 1. The van der Waals surface area contributed by atoms with E-state index in [2.05, 4.69) is 19.2 Å². The lowest BCUT2D eigenvalue weighted by molar-refractivity contribution is -0.132. The number of ketones is 1. The first kappa shape index (κ1) is 27.7. The lowest BCUT2D eigenvalue weighted by Crippen LogP contribution is -2.29. The molecule has 6 nitrogen and oxygen atoms in total. The molecule has 0 aromatic heterocycles. The van der Waals surface area contributed by atoms with Crippen LogP contribution in [0.4, 0.5) is 17.1 Å². The number of hydrogen-bond donors (Lipinski definition) is 2. The number of para-hydroxylation sites is 1. The highest BCUT2D eigenvalue weighted by atomic mass is 16.5. The molecule has 1 saturated heterocycles. The predicted molar refractivity (Wildman–Crippen MR) is 164 cm³/mol. The third kappa shape index (κ3) is 5.87. The van der Waals surface area contributed by atoms with E-state index in [1.807, 2.05) is 92.7 Å². The highest BCUT2D eigenvalue weighted by Gasteiger charge is 2.47. The van der Waals surface area contributed by atoms with Gasteiger partial charge in [-0.05, 0) is 85.5 Å². The van der Waals surface area contributed by atoms with Crippen molar-refractivity contribution < 1.29 is 19.4 Å². The van der Waals surface area contributed by atoms with Crippen molar-refractivity contribution in [3.05, 3.63) is 125 Å². The summed E-state index contributed by atoms with van der Waals surface area (Å²) in [5, 5.41) is 14.9. The summed E-state index contributed by atoms with van der Waals surface area (Å²) in [4.78, 5) is 28.6. The van der Waals surface area contributed by atoms with E-state index < -0.39 is 17.7 Å². The first-order valence-electron chi connectivity index (χ1n) is 13.8. The molecule has 0 spiro atoms. The van der Waals surface area contributed by atoms with Gasteiger partial charge in [0.2, 0.25) is 0 Å². The van der Waals surface area contributed by atoms with Gasteiger partial charge in [0.25, 0.3) is 11.7 Å². The number of anilines is 3. The zero-order valence-electron chi connectivity index (χ0n) is 23.7. The van der Waals surface area contributed by atoms with Crippen LogP contribution in [0.5, 0.6) is 5.75 Å². The van der Waals surface area contributed by atoms with E-state index >= 15 is 0 Å². The van der Waals surface area contributed by atoms with Crippen molar-refractivity contribution in [3.63, 3.8) is 0 Å². The normalized spacial score (nSPS) is 16.3. The maximum absolute atomic E-state index is 13.6. The Hall–Kier alpha value is -4.84. The highest BCUT2D eigenvalue weighted by Crippen LogP contribution is 2.43. The number of nitrogens with zero attached hydrogens (tertiary/aromatic N) is 1. The van der Waals surface area contributed by atoms with Crippen LogP contribution in [0.25, 0.3) is 5.76 Å². The quantitative estimate of drug-likeness (QED) is 0.134. The van der Waals surface area contributed by atoms with Gasteiger partial charge in [0, 0.05) is 22.6 Å². The minimum atomic E-state index is -0.792. The number of ether oxygens (including phenoxy) is 1. The number of rotatable bonds is 8. The third-order valence-electron chi connectivity index (χ3n) is 7.03. The molecule has 4 aromatic rings. The van der Waals surface area contributed by atoms with Gasteiger partial charge in [0.05, 0.1) is 18.2 Å². The molecule has 1 amide bonds. The summed E-state index contributed by atoms with van der Waals surface area (Å²) in [6, 6.07) is 29.3. The Balaban J connectivity index is 1.55. The van der Waals surface area contributed by atoms with Crippen LogP contribution in [-0.4, -0.2) is 23.4 Å². The van der Waals surface area contributed by atoms with Gasteiger partial charge in [0.1, 0.15) is 11.5 Å². The van der Waals surface area contributed by atoms with Crippen LogP contribution in [-0.2, 0) is 9.59 Å². The highest BCUT2D eigenvalue weighted by molar-refractivity contribution is 6.51. The Morgan fingerprint density at radius 2 is 1.59 bits per heavy atom. The van der Waals surface area contributed by atoms with Gasteiger partial charge in [-0.3, -0.25) is 14.5 Å². The number of carbonyl (C=O) groups excluding carboxylic acids is 2. The number of aliphatic hydroxyl groups is 1. The summed E-state index contributed by atoms with van der Waals surface area (Å²) in [6.45, 7) is 8.58. The summed E-state index contributed by atoms with van der Waals surface area (Å²) in [7, 11) is 0. The topological polar surface area (TPSA) is 78.9 Å². The number of nitrogens with one attached hydrogen (secondary N) is 1. The van der Waals surface area contributed by atoms with E-state index in [0.29, 0.717) is 23.8 Å². The zero-order chi connectivity index (χ0) is 29.1. The van der Waals surface area contributed by atoms with E-state index in [1.165, 1.54) is 4.90 Å². The molecule has 208 valence electrons. The van der Waals surface area contributed by atoms with Crippen molar-refractivity contribution >= 4 is 34.5 Å². The lowest BCUT2D eigenvalue weighted by Gasteiger charge is -2.26. The Kier molecular flexibility index (Phi) is 7.92. The Bertz CT molecular complexity index is 1610. The number of benzene rings is 4. The van der Waals surface area contributed by atoms with E-state index in [0.717, 1.165) is 33.8 Å². The number of hydrogen-bond acceptors (Lipinski definition) is 5. The standard InChI is InChI=1S/C35H34N2O4/c1-22(2)21-41-30-18-13-26(20-24(30)4)33(38)31-32(25-10-8-9-23(3)19-25)37(35(40)34(31)39)29-16-14-28(15-17-29)36-27-11-6-5-7-12-27/h5-20,22,32,36,38H,21H2,1-4H3/b33-31-. The fraction of sp³-hybridized carbons (Fsp3) is 0.200. The molecule has 5 rings (SSSR count). The minimum Gasteiger partial charge on any atom is -0.507 e. The summed E-state index contributed by atoms with van der Waals surface area (Å²) >= 11 is 0. The predicted octanol–water partition coefficient (Wildman–Crippen LogP) is 7.71. The molecule has 0 radical (unpaired) electrons. The fourth-order valence-electron chi connectivity index (χ4n) is 5.02. The van der Waals surface area contributed by atoms with Gasteiger partial charge in [0.15, 0.2) is 0 Å². The lowest BCUT2D eigenvalue weighted by atomic mass is 9.94. The summed E-state index contributed by atoms with van der Waals surface area (Å²) in [6.07, 6.45) is 0. The van der Waals surface area contributed by atoms with Gasteiger partial charge >= 0.3 is 0 Å². The molecule has 0 saturated carbocycles. The van der Waals surface area contributed by atoms with Crippen molar-refractivity contribution in [3.8, 4) is 5.75 Å². The first-order valence-corrected chi connectivity index (χ1v) is 13.8. The second-order valence-corrected chi connectivity index (χ2v) is 10.8. The molecular formula is C35H34N2O4. The van der Waals surface area contributed by atoms with E-state index in [-0.39, 0.29) is 11.3 Å². The maximum Gasteiger partial charge on any atom is 0.300 e.